The van der Waals surface area contributed by atoms with E-state index >= 15 is 0 Å². The summed E-state index contributed by atoms with van der Waals surface area (Å²) in [5.41, 5.74) is 4.60. The Bertz CT molecular complexity index is 1160. The third kappa shape index (κ3) is 7.94. The van der Waals surface area contributed by atoms with Crippen LogP contribution in [0.4, 0.5) is 16.5 Å². The van der Waals surface area contributed by atoms with Crippen LogP contribution in [0, 0.1) is 6.92 Å². The minimum atomic E-state index is -1.08. The third-order valence-electron chi connectivity index (χ3n) is 4.83. The van der Waals surface area contributed by atoms with Crippen molar-refractivity contribution >= 4 is 33.8 Å². The quantitative estimate of drug-likeness (QED) is 0.272. The number of carboxylic acid groups (broad SMARTS) is 1. The molecule has 0 radical (unpaired) electrons. The molecule has 0 saturated carbocycles. The Kier molecular flexibility index (Phi) is 9.05. The van der Waals surface area contributed by atoms with Gasteiger partial charge in [0.05, 0.1) is 12.2 Å². The lowest BCUT2D eigenvalue weighted by Gasteiger charge is -2.25. The van der Waals surface area contributed by atoms with E-state index in [2.05, 4.69) is 101 Å². The summed E-state index contributed by atoms with van der Waals surface area (Å²) in [6.07, 6.45) is 2.06. The van der Waals surface area contributed by atoms with Crippen LogP contribution in [0.1, 0.15) is 22.9 Å². The molecule has 0 bridgehead atoms. The van der Waals surface area contributed by atoms with Gasteiger partial charge in [0.15, 0.2) is 0 Å². The number of aromatic nitrogens is 1. The molecule has 4 rings (SSSR count). The maximum atomic E-state index is 8.89. The summed E-state index contributed by atoms with van der Waals surface area (Å²) >= 11 is 1.64. The summed E-state index contributed by atoms with van der Waals surface area (Å²) in [5, 5.41) is 18.6. The average molecular weight is 473 g/mol. The molecule has 7 heteroatoms. The van der Waals surface area contributed by atoms with E-state index in [9.17, 15) is 0 Å². The van der Waals surface area contributed by atoms with Crippen LogP contribution < -0.4 is 14.6 Å². The minimum absolute atomic E-state index is 0.848. The number of hydrogen-bond donors (Lipinski definition) is 0. The molecule has 0 saturated heterocycles. The Morgan fingerprint density at radius 3 is 1.82 bits per heavy atom. The normalized spacial score (nSPS) is 10.6. The largest absolute Gasteiger partial charge is 0.550 e. The van der Waals surface area contributed by atoms with Crippen molar-refractivity contribution in [3.05, 3.63) is 107 Å². The zero-order valence-corrected chi connectivity index (χ0v) is 20.4. The Morgan fingerprint density at radius 2 is 1.38 bits per heavy atom. The highest BCUT2D eigenvalue weighted by molar-refractivity contribution is 7.14. The van der Waals surface area contributed by atoms with Crippen molar-refractivity contribution in [3.8, 4) is 0 Å². The second kappa shape index (κ2) is 12.4. The molecule has 0 atom stereocenters. The zero-order chi connectivity index (χ0) is 24.3. The molecule has 3 aromatic carbocycles. The van der Waals surface area contributed by atoms with E-state index in [1.807, 2.05) is 23.7 Å². The fourth-order valence-electron chi connectivity index (χ4n) is 3.34. The van der Waals surface area contributed by atoms with E-state index in [-0.39, 0.29) is 0 Å². The van der Waals surface area contributed by atoms with Crippen LogP contribution in [0.3, 0.4) is 0 Å². The van der Waals surface area contributed by atoms with Crippen LogP contribution >= 0.6 is 11.3 Å². The summed E-state index contributed by atoms with van der Waals surface area (Å²) in [5.74, 6) is -1.08. The van der Waals surface area contributed by atoms with Crippen molar-refractivity contribution in [1.29, 1.82) is 0 Å². The molecule has 1 aromatic heterocycles. The number of nitrogens with zero attached hydrogens (tertiary/aromatic N) is 4. The van der Waals surface area contributed by atoms with Crippen molar-refractivity contribution in [2.24, 2.45) is 17.3 Å². The minimum Gasteiger partial charge on any atom is -0.550 e. The number of rotatable bonds is 7. The van der Waals surface area contributed by atoms with Crippen molar-refractivity contribution in [3.63, 3.8) is 0 Å². The highest BCUT2D eigenvalue weighted by Gasteiger charge is 2.12. The first-order chi connectivity index (χ1) is 16.4. The van der Waals surface area contributed by atoms with Crippen LogP contribution in [-0.4, -0.2) is 5.97 Å². The van der Waals surface area contributed by atoms with Gasteiger partial charge in [0.1, 0.15) is 11.9 Å². The van der Waals surface area contributed by atoms with Crippen molar-refractivity contribution in [2.75, 3.05) is 4.90 Å². The van der Waals surface area contributed by atoms with E-state index in [4.69, 9.17) is 9.90 Å². The molecule has 0 fully saturated rings. The van der Waals surface area contributed by atoms with E-state index < -0.39 is 5.97 Å². The van der Waals surface area contributed by atoms with Gasteiger partial charge in [-0.1, -0.05) is 60.7 Å². The molecule has 0 aliphatic rings. The number of anilines is 1. The number of carbonyl (C=O) groups is 1. The number of aliphatic carboxylic acids is 1. The monoisotopic (exact) mass is 472 g/mol. The molecular weight excluding hydrogens is 444 g/mol. The second-order valence-electron chi connectivity index (χ2n) is 7.77. The SMILES string of the molecule is CC(=O)[O-].Cc1c[n+](C)c(N=Nc2ccc(N(Cc3ccccc3)Cc3ccccc3)cc2)s1. The fraction of sp³-hybridized carbons (Fsp3) is 0.185. The first kappa shape index (κ1) is 24.8. The van der Waals surface area contributed by atoms with Gasteiger partial charge in [-0.25, -0.2) is 4.57 Å². The number of thiazole rings is 1. The molecule has 0 aliphatic heterocycles. The van der Waals surface area contributed by atoms with Gasteiger partial charge in [0.2, 0.25) is 0 Å². The first-order valence-corrected chi connectivity index (χ1v) is 11.7. The second-order valence-corrected chi connectivity index (χ2v) is 8.98. The number of carboxylic acids is 1. The molecule has 34 heavy (non-hydrogen) atoms. The lowest BCUT2D eigenvalue weighted by molar-refractivity contribution is -0.654. The van der Waals surface area contributed by atoms with Gasteiger partial charge >= 0.3 is 5.13 Å². The predicted molar refractivity (Wildman–Crippen MR) is 134 cm³/mol. The Hall–Kier alpha value is -3.84. The maximum Gasteiger partial charge on any atom is 0.408 e. The van der Waals surface area contributed by atoms with Crippen LogP contribution in [0.2, 0.25) is 0 Å². The van der Waals surface area contributed by atoms with Gasteiger partial charge in [0, 0.05) is 29.6 Å². The van der Waals surface area contributed by atoms with E-state index in [0.717, 1.165) is 30.8 Å². The average Bonchev–Trinajstić information content (AvgIpc) is 3.15. The van der Waals surface area contributed by atoms with E-state index in [1.54, 1.807) is 11.3 Å². The molecule has 0 N–H and O–H groups in total. The van der Waals surface area contributed by atoms with Crippen LogP contribution in [0.25, 0.3) is 0 Å². The standard InChI is InChI=1S/C25H25N4S.C2H4O2/c1-20-17-28(2)25(30-20)27-26-23-13-15-24(16-14-23)29(18-21-9-5-3-6-10-21)19-22-11-7-4-8-12-22;1-2(3)4/h3-17H,18-19H2,1-2H3;1H3,(H,3,4)/q+1;/p-1. The molecule has 0 aliphatic carbocycles. The maximum absolute atomic E-state index is 8.89. The zero-order valence-electron chi connectivity index (χ0n) is 19.6. The molecule has 0 unspecified atom stereocenters. The van der Waals surface area contributed by atoms with Gasteiger partial charge in [-0.3, -0.25) is 0 Å². The lowest BCUT2D eigenvalue weighted by Crippen LogP contribution is -2.23. The molecule has 0 spiro atoms. The van der Waals surface area contributed by atoms with Crippen LogP contribution in [0.5, 0.6) is 0 Å². The highest BCUT2D eigenvalue weighted by Crippen LogP contribution is 2.26. The summed E-state index contributed by atoms with van der Waals surface area (Å²) in [7, 11) is 1.99. The fourth-order valence-corrected chi connectivity index (χ4v) is 4.12. The summed E-state index contributed by atoms with van der Waals surface area (Å²) < 4.78 is 2.00. The molecule has 4 aromatic rings. The van der Waals surface area contributed by atoms with Gasteiger partial charge in [0.25, 0.3) is 0 Å². The van der Waals surface area contributed by atoms with E-state index in [0.29, 0.717) is 0 Å². The lowest BCUT2D eigenvalue weighted by atomic mass is 10.1. The molecule has 174 valence electrons. The van der Waals surface area contributed by atoms with Gasteiger partial charge < -0.3 is 14.8 Å². The number of hydrogen-bond acceptors (Lipinski definition) is 6. The smallest absolute Gasteiger partial charge is 0.408 e. The predicted octanol–water partition coefficient (Wildman–Crippen LogP) is 5.26. The number of azo groups is 1. The molecule has 0 amide bonds. The summed E-state index contributed by atoms with van der Waals surface area (Å²) in [6, 6.07) is 29.5. The summed E-state index contributed by atoms with van der Waals surface area (Å²) in [6.45, 7) is 4.74. The Morgan fingerprint density at radius 1 is 0.882 bits per heavy atom. The topological polar surface area (TPSA) is 72.0 Å². The Balaban J connectivity index is 0.000000751. The number of carbonyl (C=O) groups excluding carboxylic acids is 1. The summed E-state index contributed by atoms with van der Waals surface area (Å²) in [4.78, 5) is 12.5. The molecular formula is C27H28N4O2S. The van der Waals surface area contributed by atoms with E-state index in [1.165, 1.54) is 21.7 Å². The van der Waals surface area contributed by atoms with Crippen molar-refractivity contribution < 1.29 is 14.5 Å². The number of benzene rings is 3. The van der Waals surface area contributed by atoms with Gasteiger partial charge in [-0.2, -0.15) is 0 Å². The highest BCUT2D eigenvalue weighted by atomic mass is 32.1. The van der Waals surface area contributed by atoms with Crippen LogP contribution in [-0.2, 0) is 24.9 Å². The van der Waals surface area contributed by atoms with Gasteiger partial charge in [-0.05, 0) is 65.7 Å². The van der Waals surface area contributed by atoms with Gasteiger partial charge in [-0.15, -0.1) is 0 Å². The number of aryl methyl sites for hydroxylation is 2. The Labute approximate surface area is 204 Å². The van der Waals surface area contributed by atoms with Crippen LogP contribution in [0.15, 0.2) is 101 Å². The molecule has 1 heterocycles. The first-order valence-electron chi connectivity index (χ1n) is 10.9. The third-order valence-corrected chi connectivity index (χ3v) is 5.81. The van der Waals surface area contributed by atoms with Crippen molar-refractivity contribution in [1.82, 2.24) is 0 Å². The molecule has 6 nitrogen and oxygen atoms in total. The van der Waals surface area contributed by atoms with Crippen molar-refractivity contribution in [2.45, 2.75) is 26.9 Å².